The van der Waals surface area contributed by atoms with Gasteiger partial charge in [0.2, 0.25) is 6.19 Å². The molecule has 0 aliphatic rings. The molecule has 0 saturated heterocycles. The van der Waals surface area contributed by atoms with Crippen LogP contribution in [0.4, 0.5) is 0 Å². The molecule has 82 valence electrons. The van der Waals surface area contributed by atoms with Crippen molar-refractivity contribution in [3.63, 3.8) is 0 Å². The third-order valence-corrected chi connectivity index (χ3v) is 1.74. The van der Waals surface area contributed by atoms with Crippen molar-refractivity contribution in [3.05, 3.63) is 42.2 Å². The first kappa shape index (κ1) is 11.8. The van der Waals surface area contributed by atoms with E-state index in [2.05, 4.69) is 4.99 Å². The fourth-order valence-corrected chi connectivity index (χ4v) is 0.893. The third kappa shape index (κ3) is 3.84. The van der Waals surface area contributed by atoms with Crippen LogP contribution in [-0.2, 0) is 4.74 Å². The van der Waals surface area contributed by atoms with Crippen LogP contribution in [0, 0.1) is 11.5 Å². The molecule has 0 saturated carbocycles. The minimum atomic E-state index is -0.0794. The molecule has 1 rings (SSSR count). The second kappa shape index (κ2) is 6.25. The molecule has 0 radical (unpaired) electrons. The maximum atomic E-state index is 8.48. The quantitative estimate of drug-likeness (QED) is 0.330. The zero-order chi connectivity index (χ0) is 11.8. The Kier molecular flexibility index (Phi) is 4.61. The van der Waals surface area contributed by atoms with Crippen LogP contribution in [-0.4, -0.2) is 6.08 Å². The van der Waals surface area contributed by atoms with Crippen molar-refractivity contribution in [3.8, 4) is 11.9 Å². The van der Waals surface area contributed by atoms with Gasteiger partial charge in [-0.15, -0.1) is 0 Å². The molecule has 0 N–H and O–H groups in total. The zero-order valence-electron chi connectivity index (χ0n) is 9.18. The summed E-state index contributed by atoms with van der Waals surface area (Å²) in [5.41, 5.74) is 0. The summed E-state index contributed by atoms with van der Waals surface area (Å²) in [6.45, 7) is 3.57. The average Bonchev–Trinajstić information content (AvgIpc) is 2.30. The maximum Gasteiger partial charge on any atom is 0.410 e. The molecule has 0 atom stereocenters. The largest absolute Gasteiger partial charge is 0.416 e. The Bertz CT molecular complexity index is 430. The van der Waals surface area contributed by atoms with Gasteiger partial charge in [-0.25, -0.2) is 0 Å². The van der Waals surface area contributed by atoms with Crippen LogP contribution >= 0.6 is 0 Å². The summed E-state index contributed by atoms with van der Waals surface area (Å²) in [5, 5.41) is 8.48. The van der Waals surface area contributed by atoms with E-state index >= 15 is 0 Å². The minimum Gasteiger partial charge on any atom is -0.416 e. The number of hydrogen-bond donors (Lipinski definition) is 0. The van der Waals surface area contributed by atoms with Crippen molar-refractivity contribution in [2.45, 2.75) is 13.8 Å². The zero-order valence-corrected chi connectivity index (χ0v) is 9.18. The van der Waals surface area contributed by atoms with Gasteiger partial charge >= 0.3 is 6.08 Å². The lowest BCUT2D eigenvalue weighted by Gasteiger charge is -2.07. The van der Waals surface area contributed by atoms with Gasteiger partial charge in [-0.1, -0.05) is 23.2 Å². The average molecular weight is 216 g/mol. The van der Waals surface area contributed by atoms with Crippen LogP contribution in [0.3, 0.4) is 0 Å². The fourth-order valence-electron chi connectivity index (χ4n) is 0.893. The van der Waals surface area contributed by atoms with Crippen molar-refractivity contribution in [2.75, 3.05) is 0 Å². The second-order valence-electron chi connectivity index (χ2n) is 2.89. The number of rotatable bonds is 2. The monoisotopic (exact) mass is 216 g/mol. The van der Waals surface area contributed by atoms with E-state index in [1.54, 1.807) is 31.3 Å². The first-order chi connectivity index (χ1) is 7.76. The molecule has 0 amide bonds. The Morgan fingerprint density at radius 3 is 2.62 bits per heavy atom. The summed E-state index contributed by atoms with van der Waals surface area (Å²) in [7, 11) is 0. The van der Waals surface area contributed by atoms with Crippen molar-refractivity contribution in [1.82, 2.24) is 0 Å². The Labute approximate surface area is 94.4 Å². The van der Waals surface area contributed by atoms with E-state index in [0.717, 1.165) is 0 Å². The van der Waals surface area contributed by atoms with Crippen molar-refractivity contribution >= 4 is 6.08 Å². The molecule has 0 unspecified atom stereocenters. The van der Waals surface area contributed by atoms with Crippen LogP contribution in [0.25, 0.3) is 0 Å². The van der Waals surface area contributed by atoms with Crippen LogP contribution in [0.15, 0.2) is 47.2 Å². The molecule has 0 aromatic heterocycles. The lowest BCUT2D eigenvalue weighted by atomic mass is 10.3. The Hall–Kier alpha value is -2.28. The van der Waals surface area contributed by atoms with E-state index < -0.39 is 0 Å². The van der Waals surface area contributed by atoms with E-state index in [1.165, 1.54) is 0 Å². The van der Waals surface area contributed by atoms with Crippen LogP contribution < -0.4 is 4.74 Å². The van der Waals surface area contributed by atoms with Gasteiger partial charge in [0.25, 0.3) is 0 Å². The Morgan fingerprint density at radius 2 is 2.06 bits per heavy atom. The highest BCUT2D eigenvalue weighted by Crippen LogP contribution is 2.10. The number of aliphatic imine (C=N–C) groups is 1. The molecule has 1 aromatic rings. The summed E-state index contributed by atoms with van der Waals surface area (Å²) in [6.07, 6.45) is 3.30. The van der Waals surface area contributed by atoms with Gasteiger partial charge in [0, 0.05) is 0 Å². The normalized spacial score (nSPS) is 11.8. The minimum absolute atomic E-state index is 0.0794. The summed E-state index contributed by atoms with van der Waals surface area (Å²) < 4.78 is 10.5. The van der Waals surface area contributed by atoms with Gasteiger partial charge in [0.05, 0.1) is 0 Å². The molecule has 0 heterocycles. The lowest BCUT2D eigenvalue weighted by molar-refractivity contribution is 0.311. The molecule has 4 nitrogen and oxygen atoms in total. The Balaban J connectivity index is 2.75. The molecular weight excluding hydrogens is 204 g/mol. The number of allylic oxidation sites excluding steroid dienone is 2. The number of benzene rings is 1. The number of hydrogen-bond acceptors (Lipinski definition) is 4. The summed E-state index contributed by atoms with van der Waals surface area (Å²) in [6, 6.07) is 9.01. The van der Waals surface area contributed by atoms with E-state index in [0.29, 0.717) is 11.5 Å². The molecular formula is C12H12N2O2. The van der Waals surface area contributed by atoms with Crippen molar-refractivity contribution in [2.24, 2.45) is 4.99 Å². The predicted octanol–water partition coefficient (Wildman–Crippen LogP) is 2.84. The summed E-state index contributed by atoms with van der Waals surface area (Å²) in [5.74, 6) is 1.19. The van der Waals surface area contributed by atoms with Gasteiger partial charge in [-0.2, -0.15) is 5.26 Å². The highest BCUT2D eigenvalue weighted by atomic mass is 16.7. The molecule has 4 heteroatoms. The van der Waals surface area contributed by atoms with E-state index in [4.69, 9.17) is 14.7 Å². The molecule has 16 heavy (non-hydrogen) atoms. The van der Waals surface area contributed by atoms with E-state index in [-0.39, 0.29) is 6.08 Å². The fraction of sp³-hybridized carbons (Fsp3) is 0.167. The van der Waals surface area contributed by atoms with Gasteiger partial charge in [0.1, 0.15) is 11.5 Å². The number of ether oxygens (including phenoxy) is 2. The topological polar surface area (TPSA) is 54.6 Å². The van der Waals surface area contributed by atoms with E-state index in [9.17, 15) is 0 Å². The molecule has 1 aromatic carbocycles. The Morgan fingerprint density at radius 1 is 1.38 bits per heavy atom. The van der Waals surface area contributed by atoms with E-state index in [1.807, 2.05) is 25.1 Å². The number of para-hydroxylation sites is 1. The molecule has 0 fully saturated rings. The first-order valence-corrected chi connectivity index (χ1v) is 4.76. The standard InChI is InChI=1S/C12H12N2O2/c1-3-10(2)15-12(14-9-13)16-11-7-5-4-6-8-11/h3-8H,1-2H3/b10-3+,14-12?. The summed E-state index contributed by atoms with van der Waals surface area (Å²) in [4.78, 5) is 3.44. The lowest BCUT2D eigenvalue weighted by Crippen LogP contribution is -2.11. The second-order valence-corrected chi connectivity index (χ2v) is 2.89. The molecule has 0 spiro atoms. The number of nitrogens with zero attached hydrogens (tertiary/aromatic N) is 2. The third-order valence-electron chi connectivity index (χ3n) is 1.74. The highest BCUT2D eigenvalue weighted by molar-refractivity contribution is 5.72. The summed E-state index contributed by atoms with van der Waals surface area (Å²) >= 11 is 0. The van der Waals surface area contributed by atoms with Crippen LogP contribution in [0.2, 0.25) is 0 Å². The molecule has 0 aliphatic heterocycles. The van der Waals surface area contributed by atoms with Crippen LogP contribution in [0.1, 0.15) is 13.8 Å². The van der Waals surface area contributed by atoms with Gasteiger partial charge in [0.15, 0.2) is 0 Å². The highest BCUT2D eigenvalue weighted by Gasteiger charge is 2.04. The van der Waals surface area contributed by atoms with Gasteiger partial charge < -0.3 is 9.47 Å². The van der Waals surface area contributed by atoms with Crippen LogP contribution in [0.5, 0.6) is 5.75 Å². The molecule has 0 bridgehead atoms. The maximum absolute atomic E-state index is 8.48. The van der Waals surface area contributed by atoms with Crippen molar-refractivity contribution < 1.29 is 9.47 Å². The predicted molar refractivity (Wildman–Crippen MR) is 60.6 cm³/mol. The first-order valence-electron chi connectivity index (χ1n) is 4.76. The number of nitriles is 1. The van der Waals surface area contributed by atoms with Gasteiger partial charge in [-0.05, 0) is 32.1 Å². The smallest absolute Gasteiger partial charge is 0.410 e. The SMILES string of the molecule is C/C=C(\C)OC(=NC#N)Oc1ccccc1. The van der Waals surface area contributed by atoms with Crippen molar-refractivity contribution in [1.29, 1.82) is 5.26 Å². The molecule has 0 aliphatic carbocycles. The van der Waals surface area contributed by atoms with Gasteiger partial charge in [-0.3, -0.25) is 0 Å².